The number of nitrogens with zero attached hydrogens (tertiary/aromatic N) is 1. The minimum atomic E-state index is -0.690. The van der Waals surface area contributed by atoms with Crippen LogP contribution in [-0.2, 0) is 14.3 Å². The fourth-order valence-electron chi connectivity index (χ4n) is 5.20. The summed E-state index contributed by atoms with van der Waals surface area (Å²) in [5.74, 6) is -0.690. The van der Waals surface area contributed by atoms with Crippen LogP contribution >= 0.6 is 0 Å². The molecular formula is C34H69NO5. The predicted molar refractivity (Wildman–Crippen MR) is 169 cm³/mol. The van der Waals surface area contributed by atoms with Gasteiger partial charge in [-0.3, -0.25) is 4.79 Å². The van der Waals surface area contributed by atoms with Gasteiger partial charge in [-0.15, -0.1) is 0 Å². The van der Waals surface area contributed by atoms with E-state index in [-0.39, 0.29) is 12.9 Å². The highest BCUT2D eigenvalue weighted by molar-refractivity contribution is 5.66. The maximum atomic E-state index is 10.6. The lowest BCUT2D eigenvalue weighted by Crippen LogP contribution is -2.29. The number of aliphatic carboxylic acids is 1. The van der Waals surface area contributed by atoms with E-state index in [1.54, 1.807) is 0 Å². The van der Waals surface area contributed by atoms with E-state index in [0.717, 1.165) is 84.2 Å². The molecule has 0 saturated heterocycles. The van der Waals surface area contributed by atoms with Crippen molar-refractivity contribution in [2.24, 2.45) is 0 Å². The fourth-order valence-corrected chi connectivity index (χ4v) is 5.20. The van der Waals surface area contributed by atoms with Crippen molar-refractivity contribution in [3.05, 3.63) is 0 Å². The Bertz CT molecular complexity index is 489. The average molecular weight is 572 g/mol. The summed E-state index contributed by atoms with van der Waals surface area (Å²) in [6, 6.07) is 0. The molecule has 0 unspecified atom stereocenters. The second-order valence-electron chi connectivity index (χ2n) is 11.7. The smallest absolute Gasteiger partial charge is 0.303 e. The molecule has 0 saturated carbocycles. The molecule has 0 atom stereocenters. The van der Waals surface area contributed by atoms with E-state index in [0.29, 0.717) is 6.42 Å². The van der Waals surface area contributed by atoms with E-state index in [1.165, 1.54) is 96.3 Å². The lowest BCUT2D eigenvalue weighted by molar-refractivity contribution is -0.148. The molecule has 0 aromatic heterocycles. The topological polar surface area (TPSA) is 79.2 Å². The molecule has 6 heteroatoms. The van der Waals surface area contributed by atoms with Gasteiger partial charge in [0.15, 0.2) is 6.29 Å². The summed E-state index contributed by atoms with van der Waals surface area (Å²) in [5, 5.41) is 18.1. The molecule has 0 amide bonds. The van der Waals surface area contributed by atoms with Crippen LogP contribution in [0.3, 0.4) is 0 Å². The van der Waals surface area contributed by atoms with Gasteiger partial charge >= 0.3 is 5.97 Å². The summed E-state index contributed by atoms with van der Waals surface area (Å²) in [6.07, 6.45) is 28.0. The quantitative estimate of drug-likeness (QED) is 0.0592. The molecule has 40 heavy (non-hydrogen) atoms. The summed E-state index contributed by atoms with van der Waals surface area (Å²) in [6.45, 7) is 9.30. The van der Waals surface area contributed by atoms with Gasteiger partial charge in [-0.2, -0.15) is 0 Å². The first kappa shape index (κ1) is 39.3. The zero-order valence-corrected chi connectivity index (χ0v) is 26.9. The summed E-state index contributed by atoms with van der Waals surface area (Å²) in [7, 11) is 0. The van der Waals surface area contributed by atoms with Crippen LogP contribution in [0.1, 0.15) is 168 Å². The molecule has 0 heterocycles. The Hall–Kier alpha value is -0.690. The van der Waals surface area contributed by atoms with Crippen molar-refractivity contribution in [3.63, 3.8) is 0 Å². The molecule has 0 rings (SSSR count). The number of hydrogen-bond acceptors (Lipinski definition) is 5. The molecule has 0 spiro atoms. The van der Waals surface area contributed by atoms with Gasteiger partial charge in [0, 0.05) is 26.2 Å². The van der Waals surface area contributed by atoms with E-state index in [9.17, 15) is 9.90 Å². The lowest BCUT2D eigenvalue weighted by Gasteiger charge is -2.21. The van der Waals surface area contributed by atoms with Crippen molar-refractivity contribution in [2.75, 3.05) is 39.5 Å². The van der Waals surface area contributed by atoms with Gasteiger partial charge in [0.25, 0.3) is 0 Å². The average Bonchev–Trinajstić information content (AvgIpc) is 2.94. The number of unbranched alkanes of at least 4 members (excludes halogenated alkanes) is 18. The van der Waals surface area contributed by atoms with Gasteiger partial charge in [0.2, 0.25) is 0 Å². The van der Waals surface area contributed by atoms with Crippen LogP contribution in [0.15, 0.2) is 0 Å². The van der Waals surface area contributed by atoms with Gasteiger partial charge < -0.3 is 24.6 Å². The second-order valence-corrected chi connectivity index (χ2v) is 11.7. The van der Waals surface area contributed by atoms with Crippen molar-refractivity contribution in [2.45, 2.75) is 174 Å². The molecule has 0 aromatic carbocycles. The maximum Gasteiger partial charge on any atom is 0.303 e. The van der Waals surface area contributed by atoms with Crippen molar-refractivity contribution in [3.8, 4) is 0 Å². The zero-order chi connectivity index (χ0) is 29.4. The first-order valence-electron chi connectivity index (χ1n) is 17.4. The number of ether oxygens (including phenoxy) is 2. The summed E-state index contributed by atoms with van der Waals surface area (Å²) >= 11 is 0. The normalized spacial score (nSPS) is 11.7. The first-order chi connectivity index (χ1) is 19.6. The minimum absolute atomic E-state index is 0.0143. The second kappa shape index (κ2) is 32.8. The molecule has 0 aromatic rings. The van der Waals surface area contributed by atoms with Crippen LogP contribution in [0.2, 0.25) is 0 Å². The van der Waals surface area contributed by atoms with E-state index >= 15 is 0 Å². The highest BCUT2D eigenvalue weighted by atomic mass is 16.7. The Balaban J connectivity index is 3.88. The van der Waals surface area contributed by atoms with E-state index < -0.39 is 5.97 Å². The zero-order valence-electron chi connectivity index (χ0n) is 26.9. The third-order valence-corrected chi connectivity index (χ3v) is 7.80. The number of aliphatic hydroxyl groups excluding tert-OH is 1. The number of carbonyl (C=O) groups is 1. The summed E-state index contributed by atoms with van der Waals surface area (Å²) < 4.78 is 12.3. The van der Waals surface area contributed by atoms with Crippen LogP contribution < -0.4 is 0 Å². The third-order valence-electron chi connectivity index (χ3n) is 7.80. The highest BCUT2D eigenvalue weighted by Crippen LogP contribution is 2.15. The van der Waals surface area contributed by atoms with Crippen LogP contribution in [0.25, 0.3) is 0 Å². The SMILES string of the molecule is CCCCCCCOC(CCCCCCCCCN(CCO)CCCCCCCC(=O)O)OCCCCCCC. The molecule has 0 bridgehead atoms. The molecule has 0 aliphatic heterocycles. The van der Waals surface area contributed by atoms with Crippen molar-refractivity contribution in [1.29, 1.82) is 0 Å². The number of carboxylic acids is 1. The molecule has 0 aliphatic carbocycles. The molecule has 0 aliphatic rings. The Kier molecular flexibility index (Phi) is 32.3. The summed E-state index contributed by atoms with van der Waals surface area (Å²) in [5.41, 5.74) is 0. The van der Waals surface area contributed by atoms with E-state index in [2.05, 4.69) is 18.7 Å². The monoisotopic (exact) mass is 572 g/mol. The Morgan fingerprint density at radius 2 is 1.00 bits per heavy atom. The number of aliphatic hydroxyl groups is 1. The van der Waals surface area contributed by atoms with Gasteiger partial charge in [-0.25, -0.2) is 0 Å². The Morgan fingerprint density at radius 3 is 1.48 bits per heavy atom. The fraction of sp³-hybridized carbons (Fsp3) is 0.971. The maximum absolute atomic E-state index is 10.6. The molecular weight excluding hydrogens is 502 g/mol. The van der Waals surface area contributed by atoms with Crippen LogP contribution in [0.4, 0.5) is 0 Å². The van der Waals surface area contributed by atoms with Gasteiger partial charge in [-0.05, 0) is 58.0 Å². The van der Waals surface area contributed by atoms with Crippen LogP contribution in [0, 0.1) is 0 Å². The molecule has 2 N–H and O–H groups in total. The minimum Gasteiger partial charge on any atom is -0.481 e. The molecule has 240 valence electrons. The van der Waals surface area contributed by atoms with Crippen molar-refractivity contribution >= 4 is 5.97 Å². The predicted octanol–water partition coefficient (Wildman–Crippen LogP) is 9.13. The Morgan fingerprint density at radius 1 is 0.575 bits per heavy atom. The van der Waals surface area contributed by atoms with Crippen molar-refractivity contribution < 1.29 is 24.5 Å². The molecule has 0 fully saturated rings. The third kappa shape index (κ3) is 30.3. The number of rotatable bonds is 34. The van der Waals surface area contributed by atoms with Gasteiger partial charge in [0.05, 0.1) is 6.61 Å². The molecule has 6 nitrogen and oxygen atoms in total. The van der Waals surface area contributed by atoms with Crippen LogP contribution in [0.5, 0.6) is 0 Å². The Labute approximate surface area is 249 Å². The lowest BCUT2D eigenvalue weighted by atomic mass is 10.1. The van der Waals surface area contributed by atoms with E-state index in [4.69, 9.17) is 14.6 Å². The first-order valence-corrected chi connectivity index (χ1v) is 17.4. The van der Waals surface area contributed by atoms with Gasteiger partial charge in [-0.1, -0.05) is 117 Å². The van der Waals surface area contributed by atoms with Crippen molar-refractivity contribution in [1.82, 2.24) is 4.90 Å². The van der Waals surface area contributed by atoms with E-state index in [1.807, 2.05) is 0 Å². The van der Waals surface area contributed by atoms with Crippen LogP contribution in [-0.4, -0.2) is 66.8 Å². The summed E-state index contributed by atoms with van der Waals surface area (Å²) in [4.78, 5) is 13.0. The number of hydrogen-bond donors (Lipinski definition) is 2. The largest absolute Gasteiger partial charge is 0.481 e. The molecule has 0 radical (unpaired) electrons. The van der Waals surface area contributed by atoms with Gasteiger partial charge in [0.1, 0.15) is 0 Å². The number of carboxylic acid groups (broad SMARTS) is 1. The standard InChI is InChI=1S/C34H69NO5/c1-3-5-7-17-23-31-39-34(40-32-24-18-8-6-4-2)26-20-14-10-9-11-15-21-27-35(29-30-36)28-22-16-12-13-19-25-33(37)38/h34,36H,3-32H2,1-2H3,(H,37,38). The highest BCUT2D eigenvalue weighted by Gasteiger charge is 2.10.